The lowest BCUT2D eigenvalue weighted by Gasteiger charge is -2.01. The fraction of sp³-hybridized carbons (Fsp3) is 0.0909. The van der Waals surface area contributed by atoms with Crippen molar-refractivity contribution in [1.82, 2.24) is 0 Å². The molecule has 0 aliphatic rings. The van der Waals surface area contributed by atoms with Crippen molar-refractivity contribution in [2.24, 2.45) is 0 Å². The number of benzene rings is 1. The van der Waals surface area contributed by atoms with Crippen molar-refractivity contribution in [3.63, 3.8) is 0 Å². The van der Waals surface area contributed by atoms with E-state index in [-0.39, 0.29) is 6.61 Å². The summed E-state index contributed by atoms with van der Waals surface area (Å²) in [5.41, 5.74) is 0. The van der Waals surface area contributed by atoms with Crippen molar-refractivity contribution in [1.29, 1.82) is 0 Å². The van der Waals surface area contributed by atoms with E-state index in [9.17, 15) is 0 Å². The number of ether oxygens (including phenoxy) is 1. The molecule has 1 aromatic carbocycles. The third-order valence-corrected chi connectivity index (χ3v) is 2.08. The highest BCUT2D eigenvalue weighted by molar-refractivity contribution is 6.30. The summed E-state index contributed by atoms with van der Waals surface area (Å²) in [5.74, 6) is 1.46. The first-order valence-corrected chi connectivity index (χ1v) is 4.79. The Bertz CT molecular complexity index is 433. The SMILES string of the molecule is OCc1ccc(Oc2ccc(Cl)cc2)o1. The monoisotopic (exact) mass is 224 g/mol. The van der Waals surface area contributed by atoms with E-state index in [1.807, 2.05) is 0 Å². The third-order valence-electron chi connectivity index (χ3n) is 1.82. The molecule has 0 amide bonds. The first-order valence-electron chi connectivity index (χ1n) is 4.41. The normalized spacial score (nSPS) is 10.3. The zero-order chi connectivity index (χ0) is 10.7. The Labute approximate surface area is 91.9 Å². The summed E-state index contributed by atoms with van der Waals surface area (Å²) < 4.78 is 10.5. The van der Waals surface area contributed by atoms with Crippen molar-refractivity contribution in [3.05, 3.63) is 47.2 Å². The molecule has 1 N–H and O–H groups in total. The van der Waals surface area contributed by atoms with Crippen LogP contribution in [-0.2, 0) is 6.61 Å². The van der Waals surface area contributed by atoms with Crippen LogP contribution in [0.1, 0.15) is 5.76 Å². The summed E-state index contributed by atoms with van der Waals surface area (Å²) in [6.07, 6.45) is 0. The van der Waals surface area contributed by atoms with Gasteiger partial charge >= 0.3 is 0 Å². The quantitative estimate of drug-likeness (QED) is 0.871. The standard InChI is InChI=1S/C11H9ClO3/c12-8-1-3-9(4-2-8)14-11-6-5-10(7-13)15-11/h1-6,13H,7H2. The molecule has 0 atom stereocenters. The zero-order valence-corrected chi connectivity index (χ0v) is 8.57. The summed E-state index contributed by atoms with van der Waals surface area (Å²) in [5, 5.41) is 9.44. The summed E-state index contributed by atoms with van der Waals surface area (Å²) in [6, 6.07) is 10.2. The molecular weight excluding hydrogens is 216 g/mol. The van der Waals surface area contributed by atoms with Crippen LogP contribution in [0.4, 0.5) is 0 Å². The van der Waals surface area contributed by atoms with Crippen LogP contribution in [-0.4, -0.2) is 5.11 Å². The van der Waals surface area contributed by atoms with E-state index in [2.05, 4.69) is 0 Å². The fourth-order valence-corrected chi connectivity index (χ4v) is 1.24. The predicted molar refractivity (Wildman–Crippen MR) is 56.2 cm³/mol. The lowest BCUT2D eigenvalue weighted by Crippen LogP contribution is -1.81. The van der Waals surface area contributed by atoms with Crippen LogP contribution in [0.15, 0.2) is 40.8 Å². The van der Waals surface area contributed by atoms with Crippen LogP contribution < -0.4 is 4.74 Å². The number of aliphatic hydroxyl groups excluding tert-OH is 1. The Morgan fingerprint density at radius 1 is 1.13 bits per heavy atom. The zero-order valence-electron chi connectivity index (χ0n) is 7.81. The van der Waals surface area contributed by atoms with E-state index in [0.29, 0.717) is 22.5 Å². The summed E-state index contributed by atoms with van der Waals surface area (Å²) in [4.78, 5) is 0. The van der Waals surface area contributed by atoms with Gasteiger partial charge in [-0.15, -0.1) is 0 Å². The molecular formula is C11H9ClO3. The van der Waals surface area contributed by atoms with Crippen LogP contribution >= 0.6 is 11.6 Å². The van der Waals surface area contributed by atoms with Crippen molar-refractivity contribution >= 4 is 11.6 Å². The van der Waals surface area contributed by atoms with Crippen LogP contribution in [0.25, 0.3) is 0 Å². The topological polar surface area (TPSA) is 42.6 Å². The molecule has 78 valence electrons. The second-order valence-electron chi connectivity index (χ2n) is 2.93. The molecule has 0 spiro atoms. The maximum atomic E-state index is 8.79. The van der Waals surface area contributed by atoms with E-state index in [1.165, 1.54) is 0 Å². The van der Waals surface area contributed by atoms with Crippen LogP contribution in [0.2, 0.25) is 5.02 Å². The minimum absolute atomic E-state index is 0.135. The highest BCUT2D eigenvalue weighted by Crippen LogP contribution is 2.24. The average molecular weight is 225 g/mol. The van der Waals surface area contributed by atoms with Gasteiger partial charge in [0.05, 0.1) is 0 Å². The maximum absolute atomic E-state index is 8.79. The van der Waals surface area contributed by atoms with Crippen molar-refractivity contribution < 1.29 is 14.3 Å². The van der Waals surface area contributed by atoms with E-state index in [4.69, 9.17) is 25.9 Å². The molecule has 4 heteroatoms. The predicted octanol–water partition coefficient (Wildman–Crippen LogP) is 3.22. The fourth-order valence-electron chi connectivity index (χ4n) is 1.12. The second kappa shape index (κ2) is 4.38. The van der Waals surface area contributed by atoms with Gasteiger partial charge in [0.15, 0.2) is 0 Å². The molecule has 0 radical (unpaired) electrons. The molecule has 1 aromatic heterocycles. The Kier molecular flexibility index (Phi) is 2.94. The molecule has 1 heterocycles. The molecule has 0 bridgehead atoms. The van der Waals surface area contributed by atoms with Crippen LogP contribution in [0, 0.1) is 0 Å². The number of rotatable bonds is 3. The molecule has 15 heavy (non-hydrogen) atoms. The minimum atomic E-state index is -0.135. The third kappa shape index (κ3) is 2.52. The largest absolute Gasteiger partial charge is 0.428 e. The van der Waals surface area contributed by atoms with Gasteiger partial charge < -0.3 is 14.3 Å². The van der Waals surface area contributed by atoms with Crippen LogP contribution in [0.5, 0.6) is 11.7 Å². The van der Waals surface area contributed by atoms with Crippen molar-refractivity contribution in [2.45, 2.75) is 6.61 Å². The molecule has 0 aliphatic carbocycles. The molecule has 0 fully saturated rings. The lowest BCUT2D eigenvalue weighted by molar-refractivity contribution is 0.231. The molecule has 3 nitrogen and oxygen atoms in total. The van der Waals surface area contributed by atoms with Gasteiger partial charge in [-0.05, 0) is 30.3 Å². The van der Waals surface area contributed by atoms with Crippen molar-refractivity contribution in [3.8, 4) is 11.7 Å². The van der Waals surface area contributed by atoms with Crippen molar-refractivity contribution in [2.75, 3.05) is 0 Å². The molecule has 0 aliphatic heterocycles. The first-order chi connectivity index (χ1) is 7.28. The van der Waals surface area contributed by atoms with Gasteiger partial charge in [-0.3, -0.25) is 0 Å². The van der Waals surface area contributed by atoms with E-state index < -0.39 is 0 Å². The Morgan fingerprint density at radius 3 is 2.47 bits per heavy atom. The second-order valence-corrected chi connectivity index (χ2v) is 3.37. The van der Waals surface area contributed by atoms with Gasteiger partial charge in [0.1, 0.15) is 18.1 Å². The number of hydrogen-bond donors (Lipinski definition) is 1. The van der Waals surface area contributed by atoms with Gasteiger partial charge in [0.25, 0.3) is 5.95 Å². The molecule has 2 rings (SSSR count). The van der Waals surface area contributed by atoms with Gasteiger partial charge in [0, 0.05) is 11.1 Å². The Morgan fingerprint density at radius 2 is 1.87 bits per heavy atom. The summed E-state index contributed by atoms with van der Waals surface area (Å²) in [6.45, 7) is -0.135. The number of hydrogen-bond acceptors (Lipinski definition) is 3. The van der Waals surface area contributed by atoms with E-state index in [1.54, 1.807) is 36.4 Å². The maximum Gasteiger partial charge on any atom is 0.290 e. The average Bonchev–Trinajstić information content (AvgIpc) is 2.69. The highest BCUT2D eigenvalue weighted by Gasteiger charge is 2.02. The van der Waals surface area contributed by atoms with Crippen LogP contribution in [0.3, 0.4) is 0 Å². The molecule has 0 unspecified atom stereocenters. The van der Waals surface area contributed by atoms with Gasteiger partial charge in [-0.1, -0.05) is 11.6 Å². The summed E-state index contributed by atoms with van der Waals surface area (Å²) >= 11 is 5.73. The van der Waals surface area contributed by atoms with E-state index >= 15 is 0 Å². The van der Waals surface area contributed by atoms with Gasteiger partial charge in [-0.25, -0.2) is 0 Å². The first kappa shape index (κ1) is 10.1. The molecule has 0 saturated heterocycles. The summed E-state index contributed by atoms with van der Waals surface area (Å²) in [7, 11) is 0. The smallest absolute Gasteiger partial charge is 0.290 e. The van der Waals surface area contributed by atoms with Gasteiger partial charge in [0.2, 0.25) is 0 Å². The van der Waals surface area contributed by atoms with E-state index in [0.717, 1.165) is 0 Å². The Balaban J connectivity index is 2.11. The molecule has 0 saturated carbocycles. The number of furan rings is 1. The van der Waals surface area contributed by atoms with Gasteiger partial charge in [-0.2, -0.15) is 0 Å². The lowest BCUT2D eigenvalue weighted by atomic mass is 10.3. The minimum Gasteiger partial charge on any atom is -0.428 e. The number of aliphatic hydroxyl groups is 1. The number of halogens is 1. The Hall–Kier alpha value is -1.45. The molecule has 2 aromatic rings. The highest BCUT2D eigenvalue weighted by atomic mass is 35.5.